The Morgan fingerprint density at radius 3 is 1.68 bits per heavy atom. The number of benzene rings is 9. The van der Waals surface area contributed by atoms with Gasteiger partial charge in [-0.25, -0.2) is 0 Å². The highest BCUT2D eigenvalue weighted by Gasteiger charge is 2.61. The zero-order chi connectivity index (χ0) is 45.6. The molecular formula is C67H54N2. The summed E-state index contributed by atoms with van der Waals surface area (Å²) < 4.78 is 2.53. The molecule has 0 unspecified atom stereocenters. The summed E-state index contributed by atoms with van der Waals surface area (Å²) in [6, 6.07) is 78.3. The number of hydrogen-bond donors (Lipinski definition) is 0. The third-order valence-electron chi connectivity index (χ3n) is 18.0. The van der Waals surface area contributed by atoms with E-state index >= 15 is 0 Å². The summed E-state index contributed by atoms with van der Waals surface area (Å²) in [5.74, 6) is 3.36. The molecule has 2 heteroatoms. The van der Waals surface area contributed by atoms with Gasteiger partial charge in [0.05, 0.1) is 11.0 Å². The van der Waals surface area contributed by atoms with Crippen molar-refractivity contribution in [3.63, 3.8) is 0 Å². The fourth-order valence-electron chi connectivity index (χ4n) is 15.3. The molecule has 0 radical (unpaired) electrons. The largest absolute Gasteiger partial charge is 0.310 e. The number of rotatable bonds is 6. The maximum absolute atomic E-state index is 2.58. The second kappa shape index (κ2) is 14.5. The third kappa shape index (κ3) is 5.55. The van der Waals surface area contributed by atoms with E-state index < -0.39 is 0 Å². The molecule has 4 saturated carbocycles. The topological polar surface area (TPSA) is 8.17 Å². The van der Waals surface area contributed by atoms with E-state index in [1.54, 1.807) is 11.1 Å². The Balaban J connectivity index is 0.924. The fraction of sp³-hybridized carbons (Fsp3) is 0.194. The summed E-state index contributed by atoms with van der Waals surface area (Å²) in [7, 11) is 0. The molecule has 6 aliphatic carbocycles. The molecule has 0 aliphatic heterocycles. The van der Waals surface area contributed by atoms with E-state index in [1.165, 1.54) is 115 Å². The van der Waals surface area contributed by atoms with Gasteiger partial charge < -0.3 is 9.47 Å². The van der Waals surface area contributed by atoms with Gasteiger partial charge in [-0.15, -0.1) is 0 Å². The van der Waals surface area contributed by atoms with Crippen LogP contribution in [0.2, 0.25) is 0 Å². The lowest BCUT2D eigenvalue weighted by molar-refractivity contribution is -0.0399. The van der Waals surface area contributed by atoms with Gasteiger partial charge in [-0.05, 0) is 178 Å². The molecule has 4 bridgehead atoms. The van der Waals surface area contributed by atoms with E-state index in [0.717, 1.165) is 40.7 Å². The molecule has 10 aromatic rings. The fourth-order valence-corrected chi connectivity index (χ4v) is 15.3. The molecule has 69 heavy (non-hydrogen) atoms. The Hall–Kier alpha value is -7.42. The molecule has 0 atom stereocenters. The van der Waals surface area contributed by atoms with Crippen molar-refractivity contribution in [2.45, 2.75) is 56.8 Å². The van der Waals surface area contributed by atoms with Crippen molar-refractivity contribution in [2.24, 2.45) is 23.7 Å². The van der Waals surface area contributed by atoms with E-state index in [1.807, 2.05) is 0 Å². The first-order valence-electron chi connectivity index (χ1n) is 25.5. The van der Waals surface area contributed by atoms with Gasteiger partial charge in [-0.1, -0.05) is 159 Å². The SMILES string of the molecule is CC1(C)c2ccccc2-c2cc(N(c3ccc(-c4ccccc4)cc3)c3ccc4c(c3)c3cccc(-c5ccc6c(c5)-c5ccccc5C65C6CC7CC(C6)CC5C7)c3n4-c3ccccc3)ccc21. The molecular weight excluding hydrogens is 833 g/mol. The van der Waals surface area contributed by atoms with Crippen molar-refractivity contribution in [3.8, 4) is 50.2 Å². The molecule has 4 fully saturated rings. The molecule has 2 nitrogen and oxygen atoms in total. The second-order valence-electron chi connectivity index (χ2n) is 21.7. The smallest absolute Gasteiger partial charge is 0.0619 e. The standard InChI is InChI=1S/C67H54N2/c1-66(2)60-22-11-9-18-54(60)58-40-51(29-32-61(58)66)68(50-27-24-45(25-28-50)44-14-5-3-6-15-44)52-30-33-64-59(41-52)56-21-13-20-53(65(56)69(64)49-16-7-4-8-17-49)46-26-31-63-57(39-46)55-19-10-12-23-62(55)67(63)47-35-42-34-43(37-47)38-48(67)36-42/h3-33,39-43,47-48H,34-38H2,1-2H3. The first-order valence-corrected chi connectivity index (χ1v) is 25.5. The van der Waals surface area contributed by atoms with Crippen molar-refractivity contribution < 1.29 is 0 Å². The van der Waals surface area contributed by atoms with E-state index in [4.69, 9.17) is 0 Å². The Morgan fingerprint density at radius 1 is 0.391 bits per heavy atom. The third-order valence-corrected chi connectivity index (χ3v) is 18.0. The van der Waals surface area contributed by atoms with E-state index in [2.05, 4.69) is 230 Å². The van der Waals surface area contributed by atoms with Crippen molar-refractivity contribution in [1.82, 2.24) is 4.57 Å². The van der Waals surface area contributed by atoms with Crippen LogP contribution >= 0.6 is 0 Å². The van der Waals surface area contributed by atoms with Crippen molar-refractivity contribution >= 4 is 38.9 Å². The number of fused-ring (bicyclic) bond motifs is 9. The molecule has 0 saturated heterocycles. The summed E-state index contributed by atoms with van der Waals surface area (Å²) >= 11 is 0. The first kappa shape index (κ1) is 39.6. The van der Waals surface area contributed by atoms with Gasteiger partial charge in [0, 0.05) is 49.9 Å². The molecule has 1 heterocycles. The average molecular weight is 887 g/mol. The lowest BCUT2D eigenvalue weighted by Crippen LogP contribution is -2.55. The molecule has 1 spiro atoms. The van der Waals surface area contributed by atoms with E-state index in [-0.39, 0.29) is 10.8 Å². The summed E-state index contributed by atoms with van der Waals surface area (Å²) in [5, 5.41) is 2.50. The molecule has 1 aromatic heterocycles. The van der Waals surface area contributed by atoms with Crippen molar-refractivity contribution in [2.75, 3.05) is 4.90 Å². The van der Waals surface area contributed by atoms with Crippen LogP contribution in [0, 0.1) is 23.7 Å². The maximum atomic E-state index is 2.58. The number of anilines is 3. The van der Waals surface area contributed by atoms with Crippen LogP contribution in [0.5, 0.6) is 0 Å². The van der Waals surface area contributed by atoms with Gasteiger partial charge in [-0.2, -0.15) is 0 Å². The van der Waals surface area contributed by atoms with Gasteiger partial charge in [0.15, 0.2) is 0 Å². The number of aromatic nitrogens is 1. The lowest BCUT2D eigenvalue weighted by atomic mass is 9.43. The van der Waals surface area contributed by atoms with Gasteiger partial charge in [0.25, 0.3) is 0 Å². The van der Waals surface area contributed by atoms with Crippen LogP contribution in [-0.4, -0.2) is 4.57 Å². The van der Waals surface area contributed by atoms with Crippen molar-refractivity contribution in [1.29, 1.82) is 0 Å². The molecule has 16 rings (SSSR count). The Kier molecular flexibility index (Phi) is 8.34. The zero-order valence-electron chi connectivity index (χ0n) is 39.4. The van der Waals surface area contributed by atoms with Gasteiger partial charge in [-0.3, -0.25) is 0 Å². The number of hydrogen-bond acceptors (Lipinski definition) is 1. The summed E-state index contributed by atoms with van der Waals surface area (Å²) in [5.41, 5.74) is 23.7. The van der Waals surface area contributed by atoms with E-state index in [0.29, 0.717) is 0 Å². The minimum absolute atomic E-state index is 0.0682. The molecule has 0 N–H and O–H groups in total. The zero-order valence-corrected chi connectivity index (χ0v) is 39.4. The van der Waals surface area contributed by atoms with Crippen LogP contribution in [0.15, 0.2) is 206 Å². The number of para-hydroxylation sites is 2. The van der Waals surface area contributed by atoms with Crippen LogP contribution < -0.4 is 4.90 Å². The molecule has 6 aliphatic rings. The Morgan fingerprint density at radius 2 is 0.928 bits per heavy atom. The average Bonchev–Trinajstić information content (AvgIpc) is 3.97. The quantitative estimate of drug-likeness (QED) is 0.161. The second-order valence-corrected chi connectivity index (χ2v) is 21.7. The summed E-state index contributed by atoms with van der Waals surface area (Å²) in [6.07, 6.45) is 7.07. The van der Waals surface area contributed by atoms with Crippen LogP contribution in [0.25, 0.3) is 72.0 Å². The highest BCUT2D eigenvalue weighted by Crippen LogP contribution is 2.69. The normalized spacial score (nSPS) is 21.9. The number of nitrogens with zero attached hydrogens (tertiary/aromatic N) is 2. The van der Waals surface area contributed by atoms with Gasteiger partial charge in [0.1, 0.15) is 0 Å². The monoisotopic (exact) mass is 886 g/mol. The first-order chi connectivity index (χ1) is 33.9. The van der Waals surface area contributed by atoms with Gasteiger partial charge >= 0.3 is 0 Å². The van der Waals surface area contributed by atoms with E-state index in [9.17, 15) is 0 Å². The summed E-state index contributed by atoms with van der Waals surface area (Å²) in [6.45, 7) is 4.73. The highest BCUT2D eigenvalue weighted by atomic mass is 15.1. The predicted octanol–water partition coefficient (Wildman–Crippen LogP) is 17.6. The van der Waals surface area contributed by atoms with Crippen molar-refractivity contribution in [3.05, 3.63) is 229 Å². The molecule has 332 valence electrons. The predicted molar refractivity (Wildman–Crippen MR) is 287 cm³/mol. The van der Waals surface area contributed by atoms with Crippen LogP contribution in [0.1, 0.15) is 68.2 Å². The minimum Gasteiger partial charge on any atom is -0.310 e. The molecule has 9 aromatic carbocycles. The maximum Gasteiger partial charge on any atom is 0.0619 e. The lowest BCUT2D eigenvalue weighted by Gasteiger charge is -2.61. The molecule has 0 amide bonds. The minimum atomic E-state index is -0.0682. The van der Waals surface area contributed by atoms with Crippen LogP contribution in [0.4, 0.5) is 17.1 Å². The van der Waals surface area contributed by atoms with Gasteiger partial charge in [0.2, 0.25) is 0 Å². The Bertz CT molecular complexity index is 3680. The highest BCUT2D eigenvalue weighted by molar-refractivity contribution is 6.15. The van der Waals surface area contributed by atoms with Crippen LogP contribution in [0.3, 0.4) is 0 Å². The Labute approximate surface area is 405 Å². The summed E-state index contributed by atoms with van der Waals surface area (Å²) in [4.78, 5) is 2.47. The van der Waals surface area contributed by atoms with Crippen LogP contribution in [-0.2, 0) is 10.8 Å².